The molecule has 0 radical (unpaired) electrons. The SMILES string of the molecule is C#Cc1cnc(-c2ccc(C(C)C#N)s2)nc1Nc1cc(C2CC2)[nH]n1. The summed E-state index contributed by atoms with van der Waals surface area (Å²) >= 11 is 1.51. The molecule has 4 rings (SSSR count). The van der Waals surface area contributed by atoms with E-state index in [2.05, 4.69) is 37.5 Å². The summed E-state index contributed by atoms with van der Waals surface area (Å²) in [7, 11) is 0. The Hall–Kier alpha value is -3.16. The lowest BCUT2D eigenvalue weighted by Gasteiger charge is -2.06. The molecular weight excluding hydrogens is 344 g/mol. The Bertz CT molecular complexity index is 1030. The highest BCUT2D eigenvalue weighted by atomic mass is 32.1. The molecule has 1 fully saturated rings. The largest absolute Gasteiger partial charge is 0.322 e. The van der Waals surface area contributed by atoms with Gasteiger partial charge in [-0.15, -0.1) is 17.8 Å². The van der Waals surface area contributed by atoms with Crippen LogP contribution < -0.4 is 5.32 Å². The predicted molar refractivity (Wildman–Crippen MR) is 101 cm³/mol. The van der Waals surface area contributed by atoms with E-state index in [-0.39, 0.29) is 5.92 Å². The highest BCUT2D eigenvalue weighted by Crippen LogP contribution is 2.39. The smallest absolute Gasteiger partial charge is 0.171 e. The Balaban J connectivity index is 1.63. The van der Waals surface area contributed by atoms with Crippen molar-refractivity contribution in [3.8, 4) is 29.1 Å². The summed E-state index contributed by atoms with van der Waals surface area (Å²) in [6.07, 6.45) is 9.63. The number of hydrogen-bond acceptors (Lipinski definition) is 6. The Kier molecular flexibility index (Phi) is 4.16. The van der Waals surface area contributed by atoms with Crippen molar-refractivity contribution in [1.29, 1.82) is 5.26 Å². The molecule has 0 saturated heterocycles. The maximum Gasteiger partial charge on any atom is 0.171 e. The van der Waals surface area contributed by atoms with E-state index in [4.69, 9.17) is 11.7 Å². The predicted octanol–water partition coefficient (Wildman–Crippen LogP) is 4.16. The number of nitrogens with zero attached hydrogens (tertiary/aromatic N) is 4. The lowest BCUT2D eigenvalue weighted by atomic mass is 10.2. The van der Waals surface area contributed by atoms with Crippen LogP contribution in [0, 0.1) is 23.7 Å². The maximum atomic E-state index is 9.07. The van der Waals surface area contributed by atoms with Gasteiger partial charge in [0.2, 0.25) is 0 Å². The van der Waals surface area contributed by atoms with Gasteiger partial charge in [-0.1, -0.05) is 5.92 Å². The van der Waals surface area contributed by atoms with Gasteiger partial charge in [-0.05, 0) is 31.9 Å². The fourth-order valence-electron chi connectivity index (χ4n) is 2.60. The van der Waals surface area contributed by atoms with Crippen LogP contribution in [0.4, 0.5) is 11.6 Å². The van der Waals surface area contributed by atoms with Crippen LogP contribution in [0.25, 0.3) is 10.7 Å². The van der Waals surface area contributed by atoms with E-state index < -0.39 is 0 Å². The van der Waals surface area contributed by atoms with Crippen molar-refractivity contribution >= 4 is 23.0 Å². The van der Waals surface area contributed by atoms with Crippen LogP contribution in [0.15, 0.2) is 24.4 Å². The normalized spacial score (nSPS) is 14.4. The van der Waals surface area contributed by atoms with Crippen molar-refractivity contribution in [3.63, 3.8) is 0 Å². The highest BCUT2D eigenvalue weighted by Gasteiger charge is 2.25. The molecule has 1 atom stereocenters. The number of H-pyrrole nitrogens is 1. The average Bonchev–Trinajstić information content (AvgIpc) is 3.21. The molecule has 26 heavy (non-hydrogen) atoms. The second-order valence-electron chi connectivity index (χ2n) is 6.26. The van der Waals surface area contributed by atoms with Crippen LogP contribution in [0.1, 0.15) is 47.7 Å². The first kappa shape index (κ1) is 16.3. The third kappa shape index (κ3) is 3.17. The van der Waals surface area contributed by atoms with Gasteiger partial charge in [0.1, 0.15) is 0 Å². The van der Waals surface area contributed by atoms with Gasteiger partial charge in [-0.25, -0.2) is 9.97 Å². The second kappa shape index (κ2) is 6.62. The van der Waals surface area contributed by atoms with E-state index >= 15 is 0 Å². The molecule has 1 aliphatic rings. The van der Waals surface area contributed by atoms with E-state index in [1.165, 1.54) is 24.2 Å². The Morgan fingerprint density at radius 1 is 1.42 bits per heavy atom. The summed E-state index contributed by atoms with van der Waals surface area (Å²) in [6.45, 7) is 1.87. The first-order chi connectivity index (χ1) is 12.7. The molecule has 0 aromatic carbocycles. The molecule has 7 heteroatoms. The molecule has 0 aliphatic heterocycles. The topological polar surface area (TPSA) is 90.3 Å². The standard InChI is InChI=1S/C19H16N6S/c1-3-12-10-21-19(16-7-6-15(26-16)11(2)9-20)23-18(12)22-17-8-14(24-25-17)13-4-5-13/h1,6-8,10-11,13H,4-5H2,2H3,(H2,21,22,23,24,25). The fourth-order valence-corrected chi connectivity index (χ4v) is 3.54. The summed E-state index contributed by atoms with van der Waals surface area (Å²) < 4.78 is 0. The minimum absolute atomic E-state index is 0.152. The third-order valence-corrected chi connectivity index (χ3v) is 5.54. The number of hydrogen-bond donors (Lipinski definition) is 2. The van der Waals surface area contributed by atoms with E-state index in [0.29, 0.717) is 28.9 Å². The monoisotopic (exact) mass is 360 g/mol. The first-order valence-electron chi connectivity index (χ1n) is 8.33. The van der Waals surface area contributed by atoms with Gasteiger partial charge >= 0.3 is 0 Å². The molecule has 3 aromatic rings. The van der Waals surface area contributed by atoms with Gasteiger partial charge in [0.05, 0.1) is 22.4 Å². The number of aromatic nitrogens is 4. The maximum absolute atomic E-state index is 9.07. The molecule has 1 aliphatic carbocycles. The Morgan fingerprint density at radius 3 is 3.00 bits per heavy atom. The van der Waals surface area contributed by atoms with Gasteiger partial charge in [0.15, 0.2) is 17.5 Å². The molecule has 3 aromatic heterocycles. The Labute approximate surface area is 155 Å². The minimum Gasteiger partial charge on any atom is -0.322 e. The average molecular weight is 360 g/mol. The van der Waals surface area contributed by atoms with Crippen molar-refractivity contribution in [2.24, 2.45) is 0 Å². The van der Waals surface area contributed by atoms with E-state index in [1.54, 1.807) is 6.20 Å². The van der Waals surface area contributed by atoms with Gasteiger partial charge in [-0.3, -0.25) is 5.10 Å². The molecule has 3 heterocycles. The van der Waals surface area contributed by atoms with Crippen LogP contribution in [-0.2, 0) is 0 Å². The quantitative estimate of drug-likeness (QED) is 0.667. The number of thiophene rings is 1. The van der Waals surface area contributed by atoms with Crippen molar-refractivity contribution in [3.05, 3.63) is 40.5 Å². The Morgan fingerprint density at radius 2 is 2.27 bits per heavy atom. The van der Waals surface area contributed by atoms with Crippen LogP contribution >= 0.6 is 11.3 Å². The zero-order valence-electron chi connectivity index (χ0n) is 14.2. The van der Waals surface area contributed by atoms with Crippen molar-refractivity contribution in [2.75, 3.05) is 5.32 Å². The van der Waals surface area contributed by atoms with E-state index in [9.17, 15) is 0 Å². The number of anilines is 2. The summed E-state index contributed by atoms with van der Waals surface area (Å²) in [4.78, 5) is 10.8. The summed E-state index contributed by atoms with van der Waals surface area (Å²) in [6, 6.07) is 8.11. The zero-order valence-corrected chi connectivity index (χ0v) is 15.0. The van der Waals surface area contributed by atoms with Crippen molar-refractivity contribution in [2.45, 2.75) is 31.6 Å². The van der Waals surface area contributed by atoms with Crippen molar-refractivity contribution in [1.82, 2.24) is 20.2 Å². The van der Waals surface area contributed by atoms with Crippen LogP contribution in [0.2, 0.25) is 0 Å². The number of nitrogens with one attached hydrogen (secondary N) is 2. The zero-order chi connectivity index (χ0) is 18.1. The van der Waals surface area contributed by atoms with Gasteiger partial charge < -0.3 is 5.32 Å². The van der Waals surface area contributed by atoms with E-state index in [0.717, 1.165) is 15.4 Å². The number of aromatic amines is 1. The number of nitriles is 1. The molecule has 1 saturated carbocycles. The third-order valence-electron chi connectivity index (χ3n) is 4.27. The number of rotatable bonds is 5. The lowest BCUT2D eigenvalue weighted by Crippen LogP contribution is -2.00. The summed E-state index contributed by atoms with van der Waals surface area (Å²) in [5, 5.41) is 19.6. The molecular formula is C19H16N6S. The minimum atomic E-state index is -0.152. The van der Waals surface area contributed by atoms with Crippen LogP contribution in [0.3, 0.4) is 0 Å². The van der Waals surface area contributed by atoms with Gasteiger partial charge in [-0.2, -0.15) is 10.4 Å². The number of terminal acetylenes is 1. The van der Waals surface area contributed by atoms with Gasteiger partial charge in [0.25, 0.3) is 0 Å². The molecule has 128 valence electrons. The molecule has 0 spiro atoms. The van der Waals surface area contributed by atoms with Crippen molar-refractivity contribution < 1.29 is 0 Å². The first-order valence-corrected chi connectivity index (χ1v) is 9.15. The molecule has 0 bridgehead atoms. The molecule has 0 amide bonds. The second-order valence-corrected chi connectivity index (χ2v) is 7.38. The molecule has 1 unspecified atom stereocenters. The van der Waals surface area contributed by atoms with Crippen LogP contribution in [-0.4, -0.2) is 20.2 Å². The highest BCUT2D eigenvalue weighted by molar-refractivity contribution is 7.15. The summed E-state index contributed by atoms with van der Waals surface area (Å²) in [5.74, 6) is 4.87. The summed E-state index contributed by atoms with van der Waals surface area (Å²) in [5.41, 5.74) is 1.71. The van der Waals surface area contributed by atoms with E-state index in [1.807, 2.05) is 25.1 Å². The van der Waals surface area contributed by atoms with Gasteiger partial charge in [0, 0.05) is 28.8 Å². The fraction of sp³-hybridized carbons (Fsp3) is 0.263. The van der Waals surface area contributed by atoms with Crippen LogP contribution in [0.5, 0.6) is 0 Å². The molecule has 6 nitrogen and oxygen atoms in total. The lowest BCUT2D eigenvalue weighted by molar-refractivity contribution is 0.966. The molecule has 2 N–H and O–H groups in total.